The number of nitrogens with zero attached hydrogens (tertiary/aromatic N) is 4. The number of nitrogens with one attached hydrogen (secondary N) is 1. The molecule has 0 bridgehead atoms. The molecule has 0 radical (unpaired) electrons. The van der Waals surface area contributed by atoms with Gasteiger partial charge in [-0.25, -0.2) is 4.68 Å². The van der Waals surface area contributed by atoms with Crippen molar-refractivity contribution in [1.82, 2.24) is 25.5 Å². The summed E-state index contributed by atoms with van der Waals surface area (Å²) in [4.78, 5) is 12.5. The topological polar surface area (TPSA) is 108 Å². The SMILES string of the molecule is CC(C)(N)C(=O)N[C@H](COCc1ccccc1)c1nnnn1CC=Cc1ccccc1. The number of carbonyl (C=O) groups is 1. The van der Waals surface area contributed by atoms with E-state index in [0.717, 1.165) is 11.1 Å². The summed E-state index contributed by atoms with van der Waals surface area (Å²) in [6.45, 7) is 4.37. The van der Waals surface area contributed by atoms with Gasteiger partial charge in [-0.3, -0.25) is 4.79 Å². The highest BCUT2D eigenvalue weighted by atomic mass is 16.5. The van der Waals surface area contributed by atoms with Crippen LogP contribution in [-0.4, -0.2) is 38.3 Å². The van der Waals surface area contributed by atoms with Crippen molar-refractivity contribution in [1.29, 1.82) is 0 Å². The molecule has 2 aromatic carbocycles. The van der Waals surface area contributed by atoms with Crippen molar-refractivity contribution >= 4 is 12.0 Å². The summed E-state index contributed by atoms with van der Waals surface area (Å²) in [6, 6.07) is 19.2. The van der Waals surface area contributed by atoms with Gasteiger partial charge in [-0.05, 0) is 35.4 Å². The van der Waals surface area contributed by atoms with Gasteiger partial charge in [0.1, 0.15) is 6.04 Å². The Balaban J connectivity index is 1.71. The highest BCUT2D eigenvalue weighted by Crippen LogP contribution is 2.13. The third-order valence-electron chi connectivity index (χ3n) is 4.55. The average molecular weight is 421 g/mol. The standard InChI is InChI=1S/C23H28N6O2/c1-23(2,24)22(30)25-20(17-31-16-19-12-7-4-8-13-19)21-26-27-28-29(21)15-9-14-18-10-5-3-6-11-18/h3-14,20H,15-17,24H2,1-2H3,(H,25,30)/t20-/m1/s1. The second-order valence-corrected chi connectivity index (χ2v) is 7.78. The van der Waals surface area contributed by atoms with Gasteiger partial charge in [-0.2, -0.15) is 0 Å². The number of nitrogens with two attached hydrogens (primary N) is 1. The first-order valence-electron chi connectivity index (χ1n) is 10.1. The Morgan fingerprint density at radius 1 is 1.16 bits per heavy atom. The number of hydrogen-bond acceptors (Lipinski definition) is 6. The molecule has 3 aromatic rings. The molecule has 8 heteroatoms. The molecule has 1 heterocycles. The van der Waals surface area contributed by atoms with Gasteiger partial charge in [0, 0.05) is 0 Å². The molecule has 0 saturated heterocycles. The maximum atomic E-state index is 12.5. The number of carbonyl (C=O) groups excluding carboxylic acids is 1. The highest BCUT2D eigenvalue weighted by Gasteiger charge is 2.28. The number of tetrazole rings is 1. The van der Waals surface area contributed by atoms with E-state index < -0.39 is 11.6 Å². The molecule has 0 aliphatic heterocycles. The van der Waals surface area contributed by atoms with E-state index in [0.29, 0.717) is 19.0 Å². The molecule has 3 rings (SSSR count). The van der Waals surface area contributed by atoms with Gasteiger partial charge >= 0.3 is 0 Å². The van der Waals surface area contributed by atoms with E-state index in [2.05, 4.69) is 20.8 Å². The zero-order valence-electron chi connectivity index (χ0n) is 17.8. The number of amides is 1. The molecule has 0 aliphatic carbocycles. The fraction of sp³-hybridized carbons (Fsp3) is 0.304. The van der Waals surface area contributed by atoms with E-state index >= 15 is 0 Å². The first-order valence-corrected chi connectivity index (χ1v) is 10.1. The second kappa shape index (κ2) is 10.6. The molecule has 1 aromatic heterocycles. The van der Waals surface area contributed by atoms with Crippen molar-refractivity contribution in [3.05, 3.63) is 83.7 Å². The van der Waals surface area contributed by atoms with Crippen molar-refractivity contribution in [3.8, 4) is 0 Å². The lowest BCUT2D eigenvalue weighted by Gasteiger charge is -2.23. The molecule has 0 aliphatic rings. The quantitative estimate of drug-likeness (QED) is 0.522. The van der Waals surface area contributed by atoms with Crippen molar-refractivity contribution in [2.24, 2.45) is 5.73 Å². The Morgan fingerprint density at radius 3 is 2.52 bits per heavy atom. The number of hydrogen-bond donors (Lipinski definition) is 2. The Bertz CT molecular complexity index is 980. The van der Waals surface area contributed by atoms with E-state index in [-0.39, 0.29) is 12.5 Å². The van der Waals surface area contributed by atoms with Crippen LogP contribution in [0, 0.1) is 0 Å². The van der Waals surface area contributed by atoms with E-state index in [4.69, 9.17) is 10.5 Å². The van der Waals surface area contributed by atoms with Gasteiger partial charge in [0.2, 0.25) is 5.91 Å². The fourth-order valence-electron chi connectivity index (χ4n) is 2.84. The maximum absolute atomic E-state index is 12.5. The summed E-state index contributed by atoms with van der Waals surface area (Å²) in [5, 5.41) is 14.9. The maximum Gasteiger partial charge on any atom is 0.240 e. The van der Waals surface area contributed by atoms with Gasteiger partial charge in [0.15, 0.2) is 5.82 Å². The summed E-state index contributed by atoms with van der Waals surface area (Å²) >= 11 is 0. The lowest BCUT2D eigenvalue weighted by Crippen LogP contribution is -2.51. The molecule has 31 heavy (non-hydrogen) atoms. The van der Waals surface area contributed by atoms with E-state index in [1.54, 1.807) is 18.5 Å². The Morgan fingerprint density at radius 2 is 1.84 bits per heavy atom. The van der Waals surface area contributed by atoms with Crippen LogP contribution in [0.1, 0.15) is 36.8 Å². The van der Waals surface area contributed by atoms with Crippen LogP contribution in [0.5, 0.6) is 0 Å². The minimum Gasteiger partial charge on any atom is -0.374 e. The van der Waals surface area contributed by atoms with Crippen LogP contribution in [-0.2, 0) is 22.7 Å². The van der Waals surface area contributed by atoms with Crippen molar-refractivity contribution in [2.75, 3.05) is 6.61 Å². The minimum absolute atomic E-state index is 0.208. The number of allylic oxidation sites excluding steroid dienone is 1. The second-order valence-electron chi connectivity index (χ2n) is 7.78. The molecule has 162 valence electrons. The third-order valence-corrected chi connectivity index (χ3v) is 4.55. The number of ether oxygens (including phenoxy) is 1. The molecule has 0 fully saturated rings. The summed E-state index contributed by atoms with van der Waals surface area (Å²) in [5.74, 6) is 0.193. The summed E-state index contributed by atoms with van der Waals surface area (Å²) in [7, 11) is 0. The molecule has 8 nitrogen and oxygen atoms in total. The number of aromatic nitrogens is 4. The summed E-state index contributed by atoms with van der Waals surface area (Å²) in [5.41, 5.74) is 7.04. The van der Waals surface area contributed by atoms with Crippen LogP contribution < -0.4 is 11.1 Å². The van der Waals surface area contributed by atoms with Crippen molar-refractivity contribution in [2.45, 2.75) is 38.6 Å². The van der Waals surface area contributed by atoms with Gasteiger partial charge < -0.3 is 15.8 Å². The van der Waals surface area contributed by atoms with Crippen molar-refractivity contribution < 1.29 is 9.53 Å². The zero-order chi connectivity index (χ0) is 22.1. The van der Waals surface area contributed by atoms with Gasteiger partial charge in [0.05, 0.1) is 25.3 Å². The van der Waals surface area contributed by atoms with Gasteiger partial charge in [-0.1, -0.05) is 72.8 Å². The summed E-state index contributed by atoms with van der Waals surface area (Å²) in [6.07, 6.45) is 3.96. The van der Waals surface area contributed by atoms with Gasteiger partial charge in [-0.15, -0.1) is 5.10 Å². The molecule has 0 spiro atoms. The van der Waals surface area contributed by atoms with Crippen molar-refractivity contribution in [3.63, 3.8) is 0 Å². The number of benzene rings is 2. The van der Waals surface area contributed by atoms with Crippen LogP contribution in [0.2, 0.25) is 0 Å². The van der Waals surface area contributed by atoms with E-state index in [1.165, 1.54) is 0 Å². The van der Waals surface area contributed by atoms with Crippen LogP contribution in [0.15, 0.2) is 66.7 Å². The predicted molar refractivity (Wildman–Crippen MR) is 119 cm³/mol. The Labute approximate surface area is 182 Å². The lowest BCUT2D eigenvalue weighted by atomic mass is 10.1. The Hall–Kier alpha value is -3.36. The van der Waals surface area contributed by atoms with Crippen LogP contribution in [0.4, 0.5) is 0 Å². The van der Waals surface area contributed by atoms with E-state index in [1.807, 2.05) is 72.8 Å². The largest absolute Gasteiger partial charge is 0.374 e. The molecule has 0 unspecified atom stereocenters. The first kappa shape index (κ1) is 22.3. The molecule has 0 saturated carbocycles. The highest BCUT2D eigenvalue weighted by molar-refractivity contribution is 5.85. The van der Waals surface area contributed by atoms with Gasteiger partial charge in [0.25, 0.3) is 0 Å². The first-order chi connectivity index (χ1) is 14.9. The normalized spacial score (nSPS) is 12.7. The molecular formula is C23H28N6O2. The molecule has 1 amide bonds. The van der Waals surface area contributed by atoms with E-state index in [9.17, 15) is 4.79 Å². The summed E-state index contributed by atoms with van der Waals surface area (Å²) < 4.78 is 7.50. The smallest absolute Gasteiger partial charge is 0.240 e. The molecule has 1 atom stereocenters. The monoisotopic (exact) mass is 420 g/mol. The van der Waals surface area contributed by atoms with Crippen LogP contribution in [0.3, 0.4) is 0 Å². The number of rotatable bonds is 10. The zero-order valence-corrected chi connectivity index (χ0v) is 17.8. The average Bonchev–Trinajstić information content (AvgIpc) is 3.22. The molecule has 3 N–H and O–H groups in total. The molecular weight excluding hydrogens is 392 g/mol. The lowest BCUT2D eigenvalue weighted by molar-refractivity contribution is -0.126. The third kappa shape index (κ3) is 6.84. The van der Waals surface area contributed by atoms with Crippen LogP contribution >= 0.6 is 0 Å². The van der Waals surface area contributed by atoms with Crippen LogP contribution in [0.25, 0.3) is 6.08 Å². The fourth-order valence-corrected chi connectivity index (χ4v) is 2.84. The minimum atomic E-state index is -1.04. The Kier molecular flexibility index (Phi) is 7.64. The predicted octanol–water partition coefficient (Wildman–Crippen LogP) is 2.50.